The minimum Gasteiger partial charge on any atom is -0.453 e. The maximum atomic E-state index is 12.2. The first-order valence-electron chi connectivity index (χ1n) is 6.85. The lowest BCUT2D eigenvalue weighted by molar-refractivity contribution is -0.147. The van der Waals surface area contributed by atoms with Crippen LogP contribution < -0.4 is 0 Å². The summed E-state index contributed by atoms with van der Waals surface area (Å²) in [6.07, 6.45) is 10.9. The van der Waals surface area contributed by atoms with E-state index in [1.807, 2.05) is 6.92 Å². The zero-order valence-corrected chi connectivity index (χ0v) is 11.2. The zero-order chi connectivity index (χ0) is 12.5. The van der Waals surface area contributed by atoms with Gasteiger partial charge in [0.25, 0.3) is 0 Å². The Morgan fingerprint density at radius 3 is 2.94 bits per heavy atom. The number of allylic oxidation sites excluding steroid dienone is 3. The van der Waals surface area contributed by atoms with E-state index < -0.39 is 5.60 Å². The summed E-state index contributed by atoms with van der Waals surface area (Å²) in [5.41, 5.74) is -0.303. The van der Waals surface area contributed by atoms with Crippen LogP contribution in [0.15, 0.2) is 23.3 Å². The van der Waals surface area contributed by atoms with Crippen molar-refractivity contribution in [1.82, 2.24) is 0 Å². The lowest BCUT2D eigenvalue weighted by atomic mass is 9.61. The topological polar surface area (TPSA) is 26.3 Å². The van der Waals surface area contributed by atoms with Crippen LogP contribution in [0, 0.1) is 23.2 Å². The molecule has 0 aromatic carbocycles. The fraction of sp³-hybridized carbons (Fsp3) is 0.667. The van der Waals surface area contributed by atoms with Gasteiger partial charge in [-0.3, -0.25) is 4.79 Å². The molecule has 3 heteroatoms. The van der Waals surface area contributed by atoms with Crippen molar-refractivity contribution >= 4 is 17.6 Å². The van der Waals surface area contributed by atoms with Gasteiger partial charge in [0.05, 0.1) is 11.0 Å². The molecule has 0 aromatic rings. The molecule has 0 aromatic heterocycles. The Morgan fingerprint density at radius 1 is 1.44 bits per heavy atom. The molecular formula is C15H17ClO2. The summed E-state index contributed by atoms with van der Waals surface area (Å²) in [7, 11) is 0. The zero-order valence-electron chi connectivity index (χ0n) is 10.5. The van der Waals surface area contributed by atoms with Gasteiger partial charge in [-0.25, -0.2) is 0 Å². The van der Waals surface area contributed by atoms with E-state index in [1.165, 1.54) is 12.8 Å². The summed E-state index contributed by atoms with van der Waals surface area (Å²) >= 11 is 6.45. The van der Waals surface area contributed by atoms with E-state index in [9.17, 15) is 4.79 Å². The first-order chi connectivity index (χ1) is 8.58. The summed E-state index contributed by atoms with van der Waals surface area (Å²) in [5, 5.41) is 0.734. The smallest absolute Gasteiger partial charge is 0.310 e. The van der Waals surface area contributed by atoms with Crippen molar-refractivity contribution in [2.24, 2.45) is 23.2 Å². The molecule has 2 bridgehead atoms. The van der Waals surface area contributed by atoms with Crippen molar-refractivity contribution in [2.45, 2.75) is 38.2 Å². The number of hydrogen-bond donors (Lipinski definition) is 0. The highest BCUT2D eigenvalue weighted by Gasteiger charge is 2.70. The molecular weight excluding hydrogens is 248 g/mol. The molecule has 1 aliphatic heterocycles. The maximum absolute atomic E-state index is 12.2. The molecule has 1 spiro atoms. The number of esters is 1. The number of ether oxygens (including phenoxy) is 1. The van der Waals surface area contributed by atoms with Crippen LogP contribution in [-0.4, -0.2) is 11.6 Å². The number of carbonyl (C=O) groups is 1. The fourth-order valence-electron chi connectivity index (χ4n) is 4.55. The van der Waals surface area contributed by atoms with Crippen molar-refractivity contribution in [3.05, 3.63) is 23.3 Å². The highest BCUT2D eigenvalue weighted by Crippen LogP contribution is 2.70. The van der Waals surface area contributed by atoms with Gasteiger partial charge in [-0.2, -0.15) is 0 Å². The molecule has 18 heavy (non-hydrogen) atoms. The molecule has 2 unspecified atom stereocenters. The Kier molecular flexibility index (Phi) is 1.98. The number of hydrogen-bond acceptors (Lipinski definition) is 2. The van der Waals surface area contributed by atoms with E-state index in [4.69, 9.17) is 16.3 Å². The van der Waals surface area contributed by atoms with Crippen LogP contribution in [0.4, 0.5) is 0 Å². The second-order valence-electron chi connectivity index (χ2n) is 6.39. The molecule has 4 rings (SSSR count). The second kappa shape index (κ2) is 3.22. The van der Waals surface area contributed by atoms with Gasteiger partial charge < -0.3 is 4.74 Å². The van der Waals surface area contributed by atoms with Gasteiger partial charge >= 0.3 is 5.97 Å². The summed E-state index contributed by atoms with van der Waals surface area (Å²) in [6.45, 7) is 2.01. The number of halogens is 1. The van der Waals surface area contributed by atoms with Gasteiger partial charge in [-0.1, -0.05) is 29.8 Å². The van der Waals surface area contributed by atoms with Gasteiger partial charge in [0.1, 0.15) is 5.60 Å². The van der Waals surface area contributed by atoms with Crippen LogP contribution in [0.3, 0.4) is 0 Å². The standard InChI is InChI=1S/C15H17ClO2/c1-14-11(16)8-9-4-2-3-5-10(13(17)18-14)12(14)15(9)6-7-15/h2,4,8-10,12H,3,5-7H2,1H3/b4-2-/t9?,10-,12?,14+/m1/s1. The third kappa shape index (κ3) is 1.13. The normalized spacial score (nSPS) is 49.1. The summed E-state index contributed by atoms with van der Waals surface area (Å²) in [4.78, 5) is 12.2. The van der Waals surface area contributed by atoms with Crippen molar-refractivity contribution in [2.75, 3.05) is 0 Å². The predicted molar refractivity (Wildman–Crippen MR) is 68.9 cm³/mol. The van der Waals surface area contributed by atoms with Crippen molar-refractivity contribution in [3.8, 4) is 0 Å². The monoisotopic (exact) mass is 264 g/mol. The van der Waals surface area contributed by atoms with E-state index in [1.54, 1.807) is 0 Å². The lowest BCUT2D eigenvalue weighted by Crippen LogP contribution is -2.46. The van der Waals surface area contributed by atoms with Crippen LogP contribution in [-0.2, 0) is 9.53 Å². The minimum absolute atomic E-state index is 0.0312. The molecule has 4 aliphatic rings. The average Bonchev–Trinajstić information content (AvgIpc) is 3.04. The molecule has 1 heterocycles. The summed E-state index contributed by atoms with van der Waals surface area (Å²) < 4.78 is 5.71. The third-order valence-electron chi connectivity index (χ3n) is 5.51. The quantitative estimate of drug-likeness (QED) is 0.495. The minimum atomic E-state index is -0.554. The fourth-order valence-corrected chi connectivity index (χ4v) is 4.84. The van der Waals surface area contributed by atoms with E-state index in [-0.39, 0.29) is 23.2 Å². The first kappa shape index (κ1) is 11.1. The van der Waals surface area contributed by atoms with Gasteiger partial charge in [0.15, 0.2) is 0 Å². The largest absolute Gasteiger partial charge is 0.453 e. The Labute approximate surface area is 112 Å². The molecule has 2 fully saturated rings. The van der Waals surface area contributed by atoms with Gasteiger partial charge in [0.2, 0.25) is 0 Å². The Hall–Kier alpha value is -0.760. The molecule has 0 radical (unpaired) electrons. The molecule has 1 saturated carbocycles. The SMILES string of the molecule is C[C@]12OC(=O)[C@@H]3CC/C=C\C(C=C1Cl)C1(CC1)C32. The van der Waals surface area contributed by atoms with E-state index in [2.05, 4.69) is 18.2 Å². The predicted octanol–water partition coefficient (Wildman–Crippen LogP) is 3.42. The number of rotatable bonds is 0. The molecule has 96 valence electrons. The maximum Gasteiger partial charge on any atom is 0.310 e. The van der Waals surface area contributed by atoms with E-state index in [0.29, 0.717) is 5.92 Å². The van der Waals surface area contributed by atoms with Crippen molar-refractivity contribution in [3.63, 3.8) is 0 Å². The average molecular weight is 265 g/mol. The molecule has 1 saturated heterocycles. The van der Waals surface area contributed by atoms with Crippen LogP contribution in [0.25, 0.3) is 0 Å². The van der Waals surface area contributed by atoms with Crippen LogP contribution in [0.1, 0.15) is 32.6 Å². The van der Waals surface area contributed by atoms with E-state index >= 15 is 0 Å². The second-order valence-corrected chi connectivity index (χ2v) is 6.80. The Bertz CT molecular complexity index is 489. The Morgan fingerprint density at radius 2 is 2.22 bits per heavy atom. The number of carbonyl (C=O) groups excluding carboxylic acids is 1. The van der Waals surface area contributed by atoms with Crippen LogP contribution in [0.2, 0.25) is 0 Å². The highest BCUT2D eigenvalue weighted by atomic mass is 35.5. The first-order valence-corrected chi connectivity index (χ1v) is 7.23. The highest BCUT2D eigenvalue weighted by molar-refractivity contribution is 6.31. The summed E-state index contributed by atoms with van der Waals surface area (Å²) in [5.74, 6) is 0.703. The summed E-state index contributed by atoms with van der Waals surface area (Å²) in [6, 6.07) is 0. The van der Waals surface area contributed by atoms with Gasteiger partial charge in [0, 0.05) is 11.8 Å². The third-order valence-corrected chi connectivity index (χ3v) is 6.01. The van der Waals surface area contributed by atoms with Crippen molar-refractivity contribution < 1.29 is 9.53 Å². The van der Waals surface area contributed by atoms with Gasteiger partial charge in [-0.05, 0) is 38.0 Å². The molecule has 4 atom stereocenters. The molecule has 2 nitrogen and oxygen atoms in total. The molecule has 0 N–H and O–H groups in total. The Balaban J connectivity index is 1.95. The van der Waals surface area contributed by atoms with E-state index in [0.717, 1.165) is 17.9 Å². The van der Waals surface area contributed by atoms with Crippen molar-refractivity contribution in [1.29, 1.82) is 0 Å². The molecule has 0 amide bonds. The van der Waals surface area contributed by atoms with Crippen LogP contribution in [0.5, 0.6) is 0 Å². The lowest BCUT2D eigenvalue weighted by Gasteiger charge is -2.44. The molecule has 3 aliphatic carbocycles. The van der Waals surface area contributed by atoms with Crippen LogP contribution >= 0.6 is 11.6 Å². The van der Waals surface area contributed by atoms with Gasteiger partial charge in [-0.15, -0.1) is 0 Å².